The molecule has 18 heteroatoms. The van der Waals surface area contributed by atoms with Crippen molar-refractivity contribution in [2.45, 2.75) is 12.5 Å². The quantitative estimate of drug-likeness (QED) is 0.189. The molecule has 0 saturated carbocycles. The minimum Gasteiger partial charge on any atom is -0.496 e. The molecule has 0 aliphatic carbocycles. The molecule has 0 aliphatic rings. The number of nitrogens with one attached hydrogen (secondary N) is 3. The summed E-state index contributed by atoms with van der Waals surface area (Å²) >= 11 is 12.4. The maximum Gasteiger partial charge on any atom is 0.332 e. The Kier molecular flexibility index (Phi) is 9.58. The molecule has 0 fully saturated rings. The number of halogens is 3. The first-order valence-corrected chi connectivity index (χ1v) is 14.0. The summed E-state index contributed by atoms with van der Waals surface area (Å²) in [7, 11) is 5.75. The van der Waals surface area contributed by atoms with Crippen LogP contribution in [0, 0.1) is 5.82 Å². The fourth-order valence-electron chi connectivity index (χ4n) is 4.33. The summed E-state index contributed by atoms with van der Waals surface area (Å²) in [6.45, 7) is -0.164. The molecule has 6 aromatic rings. The van der Waals surface area contributed by atoms with Gasteiger partial charge in [-0.05, 0) is 12.1 Å². The van der Waals surface area contributed by atoms with Crippen molar-refractivity contribution in [2.75, 3.05) is 28.4 Å². The van der Waals surface area contributed by atoms with Gasteiger partial charge in [-0.2, -0.15) is 9.97 Å². The predicted octanol–water partition coefficient (Wildman–Crippen LogP) is 3.90. The summed E-state index contributed by atoms with van der Waals surface area (Å²) in [6, 6.07) is 7.68. The fourth-order valence-corrected chi connectivity index (χ4v) is 4.69. The maximum absolute atomic E-state index is 14.4. The Balaban J connectivity index is 0.000000289. The van der Waals surface area contributed by atoms with Crippen molar-refractivity contribution >= 4 is 45.5 Å². The summed E-state index contributed by atoms with van der Waals surface area (Å²) in [5.41, 5.74) is 1.13. The predicted molar refractivity (Wildman–Crippen MR) is 166 cm³/mol. The lowest BCUT2D eigenvalue weighted by molar-refractivity contribution is 0.272. The molecule has 15 nitrogen and oxygen atoms in total. The first-order chi connectivity index (χ1) is 22.2. The van der Waals surface area contributed by atoms with Gasteiger partial charge < -0.3 is 28.7 Å². The number of aromatic nitrogens is 8. The van der Waals surface area contributed by atoms with Gasteiger partial charge in [0.05, 0.1) is 56.8 Å². The number of fused-ring (bicyclic) bond motifs is 2. The number of benzene rings is 2. The van der Waals surface area contributed by atoms with Crippen LogP contribution in [-0.2, 0) is 12.5 Å². The molecule has 0 atom stereocenters. The Bertz CT molecular complexity index is 2150. The molecule has 240 valence electrons. The molecule has 46 heavy (non-hydrogen) atoms. The van der Waals surface area contributed by atoms with Crippen LogP contribution < -0.4 is 35.1 Å². The monoisotopic (exact) mass is 674 g/mol. The van der Waals surface area contributed by atoms with Crippen molar-refractivity contribution in [3.05, 3.63) is 79.7 Å². The molecule has 3 N–H and O–H groups in total. The lowest BCUT2D eigenvalue weighted by Gasteiger charge is -2.16. The summed E-state index contributed by atoms with van der Waals surface area (Å²) in [5.74, 6) is 0.755. The number of rotatable bonds is 9. The third-order valence-electron chi connectivity index (χ3n) is 6.43. The SMILES string of the molecule is COc1cc(Cl)c(-n2c(=O)[nH]c3c(OC)nc(CCl)nc32)cc1OCc1c(F)cccc1OC.COc1ncc2[nH]c(=O)[nH]c2n1. The Morgan fingerprint density at radius 3 is 2.39 bits per heavy atom. The van der Waals surface area contributed by atoms with Crippen LogP contribution in [0.2, 0.25) is 5.02 Å². The molecular formula is C28H25Cl2FN8O7. The summed E-state index contributed by atoms with van der Waals surface area (Å²) in [6.07, 6.45) is 1.49. The van der Waals surface area contributed by atoms with E-state index in [1.54, 1.807) is 6.07 Å². The number of hydrogen-bond donors (Lipinski definition) is 3. The van der Waals surface area contributed by atoms with Gasteiger partial charge in [0, 0.05) is 12.1 Å². The molecule has 2 aromatic carbocycles. The minimum atomic E-state index is -0.539. The van der Waals surface area contributed by atoms with E-state index >= 15 is 0 Å². The highest BCUT2D eigenvalue weighted by atomic mass is 35.5. The van der Waals surface area contributed by atoms with E-state index in [-0.39, 0.29) is 74.8 Å². The van der Waals surface area contributed by atoms with Crippen molar-refractivity contribution in [1.29, 1.82) is 0 Å². The zero-order valence-corrected chi connectivity index (χ0v) is 26.1. The van der Waals surface area contributed by atoms with Crippen LogP contribution in [0.25, 0.3) is 28.0 Å². The average molecular weight is 675 g/mol. The second-order valence-corrected chi connectivity index (χ2v) is 9.78. The van der Waals surface area contributed by atoms with Crippen LogP contribution in [0.3, 0.4) is 0 Å². The Morgan fingerprint density at radius 1 is 0.913 bits per heavy atom. The zero-order chi connectivity index (χ0) is 33.0. The highest BCUT2D eigenvalue weighted by Crippen LogP contribution is 2.37. The highest BCUT2D eigenvalue weighted by molar-refractivity contribution is 6.32. The third-order valence-corrected chi connectivity index (χ3v) is 6.98. The van der Waals surface area contributed by atoms with E-state index in [0.717, 1.165) is 0 Å². The smallest absolute Gasteiger partial charge is 0.332 e. The van der Waals surface area contributed by atoms with Crippen LogP contribution in [0.4, 0.5) is 4.39 Å². The fraction of sp³-hybridized carbons (Fsp3) is 0.214. The molecule has 0 spiro atoms. The lowest BCUT2D eigenvalue weighted by atomic mass is 10.2. The van der Waals surface area contributed by atoms with E-state index < -0.39 is 11.5 Å². The first kappa shape index (κ1) is 32.1. The Labute approximate surface area is 268 Å². The Morgan fingerprint density at radius 2 is 1.70 bits per heavy atom. The summed E-state index contributed by atoms with van der Waals surface area (Å²) in [5, 5.41) is 0.181. The van der Waals surface area contributed by atoms with Crippen molar-refractivity contribution in [3.63, 3.8) is 0 Å². The maximum atomic E-state index is 14.4. The first-order valence-electron chi connectivity index (χ1n) is 13.1. The van der Waals surface area contributed by atoms with E-state index in [1.807, 2.05) is 0 Å². The van der Waals surface area contributed by atoms with E-state index in [1.165, 1.54) is 63.5 Å². The molecule has 0 unspecified atom stereocenters. The van der Waals surface area contributed by atoms with Gasteiger partial charge >= 0.3 is 17.4 Å². The third kappa shape index (κ3) is 6.38. The molecule has 6 rings (SSSR count). The van der Waals surface area contributed by atoms with Gasteiger partial charge in [-0.1, -0.05) is 17.7 Å². The number of methoxy groups -OCH3 is 4. The van der Waals surface area contributed by atoms with Gasteiger partial charge in [-0.25, -0.2) is 28.5 Å². The number of imidazole rings is 2. The molecule has 0 bridgehead atoms. The number of ether oxygens (including phenoxy) is 5. The summed E-state index contributed by atoms with van der Waals surface area (Å²) < 4.78 is 42.1. The zero-order valence-electron chi connectivity index (χ0n) is 24.6. The van der Waals surface area contributed by atoms with Gasteiger partial charge in [0.2, 0.25) is 5.88 Å². The number of hydrogen-bond acceptors (Lipinski definition) is 11. The van der Waals surface area contributed by atoms with Gasteiger partial charge in [-0.15, -0.1) is 11.6 Å². The van der Waals surface area contributed by atoms with E-state index in [9.17, 15) is 14.0 Å². The van der Waals surface area contributed by atoms with Crippen LogP contribution in [0.5, 0.6) is 29.1 Å². The lowest BCUT2D eigenvalue weighted by Crippen LogP contribution is -2.16. The van der Waals surface area contributed by atoms with Crippen molar-refractivity contribution in [2.24, 2.45) is 0 Å². The minimum absolute atomic E-state index is 0.000842. The van der Waals surface area contributed by atoms with Crippen LogP contribution >= 0.6 is 23.2 Å². The molecular weight excluding hydrogens is 650 g/mol. The van der Waals surface area contributed by atoms with Gasteiger partial charge in [0.25, 0.3) is 0 Å². The van der Waals surface area contributed by atoms with Crippen molar-refractivity contribution in [3.8, 4) is 34.8 Å². The number of alkyl halides is 1. The number of aromatic amines is 3. The molecule has 0 saturated heterocycles. The van der Waals surface area contributed by atoms with Gasteiger partial charge in [-0.3, -0.25) is 9.97 Å². The molecule has 0 amide bonds. The van der Waals surface area contributed by atoms with Gasteiger partial charge in [0.1, 0.15) is 35.0 Å². The van der Waals surface area contributed by atoms with Crippen molar-refractivity contribution in [1.82, 2.24) is 39.5 Å². The topological polar surface area (TPSA) is 184 Å². The Hall–Kier alpha value is -5.35. The number of H-pyrrole nitrogens is 3. The summed E-state index contributed by atoms with van der Waals surface area (Å²) in [4.78, 5) is 47.6. The largest absolute Gasteiger partial charge is 0.496 e. The average Bonchev–Trinajstić information content (AvgIpc) is 3.61. The van der Waals surface area contributed by atoms with E-state index in [0.29, 0.717) is 16.9 Å². The van der Waals surface area contributed by atoms with Crippen LogP contribution in [0.1, 0.15) is 11.4 Å². The highest BCUT2D eigenvalue weighted by Gasteiger charge is 2.21. The number of nitrogens with zero attached hydrogens (tertiary/aromatic N) is 5. The molecule has 4 heterocycles. The molecule has 0 radical (unpaired) electrons. The van der Waals surface area contributed by atoms with Crippen LogP contribution in [0.15, 0.2) is 46.1 Å². The standard InChI is InChI=1S/C22H19Cl2FN4O5.C6H6N4O2/c1-31-15-6-4-5-13(25)11(15)10-34-17-8-14(12(24)7-16(17)32-2)29-20-19(28-22(29)30)21(33-3)27-18(9-23)26-20;1-12-6-7-2-3-4(10-6)9-5(11)8-3/h4-8H,9-10H2,1-3H3,(H,28,30);2H,1H3,(H2,7,8,9,10,11). The van der Waals surface area contributed by atoms with Crippen molar-refractivity contribution < 1.29 is 28.1 Å². The normalized spacial score (nSPS) is 10.8. The second kappa shape index (κ2) is 13.7. The van der Waals surface area contributed by atoms with Crippen LogP contribution in [-0.4, -0.2) is 67.9 Å². The van der Waals surface area contributed by atoms with E-state index in [4.69, 9.17) is 46.9 Å². The molecule has 0 aliphatic heterocycles. The second-order valence-electron chi connectivity index (χ2n) is 9.11. The molecule has 4 aromatic heterocycles. The van der Waals surface area contributed by atoms with Gasteiger partial charge in [0.15, 0.2) is 22.8 Å². The van der Waals surface area contributed by atoms with E-state index in [2.05, 4.69) is 34.9 Å².